The van der Waals surface area contributed by atoms with E-state index < -0.39 is 33.9 Å². The van der Waals surface area contributed by atoms with Crippen molar-refractivity contribution < 1.29 is 18.0 Å². The minimum Gasteiger partial charge on any atom is -0.325 e. The van der Waals surface area contributed by atoms with Gasteiger partial charge in [-0.1, -0.05) is 23.4 Å². The van der Waals surface area contributed by atoms with Crippen molar-refractivity contribution in [1.29, 1.82) is 0 Å². The Labute approximate surface area is 140 Å². The highest BCUT2D eigenvalue weighted by atomic mass is 35.5. The van der Waals surface area contributed by atoms with E-state index in [1.165, 1.54) is 6.07 Å². The van der Waals surface area contributed by atoms with Gasteiger partial charge in [0.1, 0.15) is 0 Å². The molecule has 1 heterocycles. The quantitative estimate of drug-likeness (QED) is 0.702. The van der Waals surface area contributed by atoms with Gasteiger partial charge in [-0.3, -0.25) is 14.6 Å². The van der Waals surface area contributed by atoms with Gasteiger partial charge in [-0.05, 0) is 18.2 Å². The maximum absolute atomic E-state index is 12.7. The fraction of sp³-hybridized carbons (Fsp3) is 0.167. The summed E-state index contributed by atoms with van der Waals surface area (Å²) in [6.45, 7) is 0. The molecule has 24 heavy (non-hydrogen) atoms. The lowest BCUT2D eigenvalue weighted by atomic mass is 10.2. The zero-order chi connectivity index (χ0) is 17.9. The molecule has 1 aromatic heterocycles. The average Bonchev–Trinajstić information content (AvgIpc) is 2.47. The summed E-state index contributed by atoms with van der Waals surface area (Å²) in [5.41, 5.74) is -2.74. The number of anilines is 1. The molecule has 0 unspecified atom stereocenters. The Morgan fingerprint density at radius 3 is 2.67 bits per heavy atom. The predicted molar refractivity (Wildman–Crippen MR) is 81.3 cm³/mol. The van der Waals surface area contributed by atoms with Crippen LogP contribution in [0.4, 0.5) is 18.9 Å². The van der Waals surface area contributed by atoms with Crippen LogP contribution >= 0.6 is 23.4 Å². The topological polar surface area (TPSA) is 108 Å². The van der Waals surface area contributed by atoms with Crippen molar-refractivity contribution in [2.24, 2.45) is 0 Å². The number of hydrogen-bond acceptors (Lipinski definition) is 5. The van der Waals surface area contributed by atoms with Crippen molar-refractivity contribution >= 4 is 35.0 Å². The molecular weight excluding hydrogens is 373 g/mol. The Balaban J connectivity index is 2.05. The summed E-state index contributed by atoms with van der Waals surface area (Å²) in [6, 6.07) is 2.93. The average molecular weight is 381 g/mol. The van der Waals surface area contributed by atoms with Crippen LogP contribution in [0.2, 0.25) is 5.02 Å². The zero-order valence-electron chi connectivity index (χ0n) is 11.5. The molecule has 0 saturated carbocycles. The molecule has 0 bridgehead atoms. The van der Waals surface area contributed by atoms with Gasteiger partial charge in [0.2, 0.25) is 5.91 Å². The van der Waals surface area contributed by atoms with Crippen molar-refractivity contribution in [1.82, 2.24) is 15.2 Å². The Hall–Kier alpha value is -2.27. The maximum Gasteiger partial charge on any atom is 0.417 e. The summed E-state index contributed by atoms with van der Waals surface area (Å²) < 4.78 is 38.2. The van der Waals surface area contributed by atoms with Crippen LogP contribution in [0.15, 0.2) is 32.8 Å². The standard InChI is InChI=1S/C12H8ClF3N4O3S/c13-7-2-1-5(3-6(7)12(14,15)16)17-8(21)4-24-10-9(22)18-11(23)20-19-10/h1-3H,4H2,(H,17,21)(H2,18,20,22,23). The van der Waals surface area contributed by atoms with E-state index >= 15 is 0 Å². The third kappa shape index (κ3) is 4.61. The number of benzene rings is 1. The minimum atomic E-state index is -4.65. The second kappa shape index (κ2) is 7.09. The third-order valence-corrected chi connectivity index (χ3v) is 3.86. The lowest BCUT2D eigenvalue weighted by molar-refractivity contribution is -0.137. The minimum absolute atomic E-state index is 0.0966. The largest absolute Gasteiger partial charge is 0.417 e. The van der Waals surface area contributed by atoms with Crippen LogP contribution in [-0.2, 0) is 11.0 Å². The van der Waals surface area contributed by atoms with E-state index in [1.54, 1.807) is 0 Å². The number of aromatic nitrogens is 3. The number of nitrogens with zero attached hydrogens (tertiary/aromatic N) is 1. The molecule has 0 aliphatic rings. The first-order valence-corrected chi connectivity index (χ1v) is 7.51. The normalized spacial score (nSPS) is 11.3. The van der Waals surface area contributed by atoms with Crippen LogP contribution in [0.3, 0.4) is 0 Å². The van der Waals surface area contributed by atoms with Gasteiger partial charge in [-0.15, -0.1) is 0 Å². The summed E-state index contributed by atoms with van der Waals surface area (Å²) >= 11 is 6.19. The van der Waals surface area contributed by atoms with Crippen molar-refractivity contribution in [3.63, 3.8) is 0 Å². The van der Waals surface area contributed by atoms with Crippen LogP contribution in [0.1, 0.15) is 5.56 Å². The molecule has 1 amide bonds. The van der Waals surface area contributed by atoms with E-state index in [2.05, 4.69) is 10.4 Å². The van der Waals surface area contributed by atoms with Crippen molar-refractivity contribution in [2.75, 3.05) is 11.1 Å². The van der Waals surface area contributed by atoms with E-state index in [4.69, 9.17) is 11.6 Å². The van der Waals surface area contributed by atoms with Gasteiger partial charge >= 0.3 is 11.9 Å². The van der Waals surface area contributed by atoms with E-state index in [-0.39, 0.29) is 16.5 Å². The SMILES string of the molecule is O=C(CSc1n[nH]c(=O)[nH]c1=O)Nc1ccc(Cl)c(C(F)(F)F)c1. The number of carbonyl (C=O) groups is 1. The highest BCUT2D eigenvalue weighted by Gasteiger charge is 2.33. The molecule has 1 aromatic carbocycles. The van der Waals surface area contributed by atoms with Crippen LogP contribution in [0.25, 0.3) is 0 Å². The number of alkyl halides is 3. The number of amides is 1. The molecule has 7 nitrogen and oxygen atoms in total. The Morgan fingerprint density at radius 2 is 2.04 bits per heavy atom. The first kappa shape index (κ1) is 18.1. The molecule has 0 aliphatic heterocycles. The predicted octanol–water partition coefficient (Wildman–Crippen LogP) is 1.86. The maximum atomic E-state index is 12.7. The summed E-state index contributed by atoms with van der Waals surface area (Å²) in [5.74, 6) is -0.964. The van der Waals surface area contributed by atoms with Crippen molar-refractivity contribution in [3.05, 3.63) is 49.6 Å². The fourth-order valence-electron chi connectivity index (χ4n) is 1.59. The lowest BCUT2D eigenvalue weighted by Gasteiger charge is -2.11. The number of carbonyl (C=O) groups excluding carboxylic acids is 1. The molecular formula is C12H8ClF3N4O3S. The van der Waals surface area contributed by atoms with Crippen molar-refractivity contribution in [2.45, 2.75) is 11.2 Å². The molecule has 12 heteroatoms. The molecule has 0 radical (unpaired) electrons. The number of rotatable bonds is 4. The summed E-state index contributed by atoms with van der Waals surface area (Å²) in [5, 5.41) is 7.05. The highest BCUT2D eigenvalue weighted by Crippen LogP contribution is 2.36. The van der Waals surface area contributed by atoms with Gasteiger partial charge in [0, 0.05) is 5.69 Å². The highest BCUT2D eigenvalue weighted by molar-refractivity contribution is 7.99. The van der Waals surface area contributed by atoms with Gasteiger partial charge in [-0.25, -0.2) is 9.89 Å². The first-order valence-electron chi connectivity index (χ1n) is 6.15. The molecule has 3 N–H and O–H groups in total. The second-order valence-corrected chi connectivity index (χ2v) is 5.71. The number of aromatic amines is 2. The van der Waals surface area contributed by atoms with E-state index in [1.807, 2.05) is 10.1 Å². The Bertz CT molecular complexity index is 881. The zero-order valence-corrected chi connectivity index (χ0v) is 13.1. The van der Waals surface area contributed by atoms with E-state index in [0.717, 1.165) is 6.07 Å². The molecule has 2 aromatic rings. The number of H-pyrrole nitrogens is 2. The Kier molecular flexibility index (Phi) is 5.34. The molecule has 0 atom stereocenters. The smallest absolute Gasteiger partial charge is 0.325 e. The third-order valence-electron chi connectivity index (χ3n) is 2.58. The van der Waals surface area contributed by atoms with E-state index in [0.29, 0.717) is 17.8 Å². The second-order valence-electron chi connectivity index (χ2n) is 4.34. The molecule has 2 rings (SSSR count). The van der Waals surface area contributed by atoms with Crippen LogP contribution in [-0.4, -0.2) is 26.8 Å². The number of hydrogen-bond donors (Lipinski definition) is 3. The van der Waals surface area contributed by atoms with Gasteiger partial charge in [-0.2, -0.15) is 18.3 Å². The molecule has 128 valence electrons. The molecule has 0 saturated heterocycles. The summed E-state index contributed by atoms with van der Waals surface area (Å²) in [6.07, 6.45) is -4.65. The van der Waals surface area contributed by atoms with Gasteiger partial charge < -0.3 is 5.32 Å². The number of nitrogens with one attached hydrogen (secondary N) is 3. The van der Waals surface area contributed by atoms with Crippen LogP contribution < -0.4 is 16.6 Å². The molecule has 0 fully saturated rings. The first-order chi connectivity index (χ1) is 11.2. The lowest BCUT2D eigenvalue weighted by Crippen LogP contribution is -2.25. The van der Waals surface area contributed by atoms with Crippen LogP contribution in [0.5, 0.6) is 0 Å². The number of thioether (sulfide) groups is 1. The van der Waals surface area contributed by atoms with Gasteiger partial charge in [0.25, 0.3) is 5.56 Å². The van der Waals surface area contributed by atoms with Crippen LogP contribution in [0, 0.1) is 0 Å². The fourth-order valence-corrected chi connectivity index (χ4v) is 2.44. The van der Waals surface area contributed by atoms with Gasteiger partial charge in [0.05, 0.1) is 16.3 Å². The van der Waals surface area contributed by atoms with E-state index in [9.17, 15) is 27.6 Å². The summed E-state index contributed by atoms with van der Waals surface area (Å²) in [7, 11) is 0. The molecule has 0 aliphatic carbocycles. The Morgan fingerprint density at radius 1 is 1.33 bits per heavy atom. The van der Waals surface area contributed by atoms with Gasteiger partial charge in [0.15, 0.2) is 5.03 Å². The number of halogens is 4. The molecule has 0 spiro atoms. The monoisotopic (exact) mass is 380 g/mol. The van der Waals surface area contributed by atoms with Crippen molar-refractivity contribution in [3.8, 4) is 0 Å². The summed E-state index contributed by atoms with van der Waals surface area (Å²) in [4.78, 5) is 35.8.